The second-order valence-electron chi connectivity index (χ2n) is 18.5. The molecule has 0 N–H and O–H groups in total. The number of rotatable bonds is 10. The van der Waals surface area contributed by atoms with Gasteiger partial charge in [-0.1, -0.05) is 211 Å². The summed E-state index contributed by atoms with van der Waals surface area (Å²) < 4.78 is 18.2. The molecule has 8 nitrogen and oxygen atoms in total. The SMILES string of the molecule is Cc1ccccc1-c1c2/c(=C(\C#N)c3nc4ccccc4o3)n(B(c3ccccc3)c3ccccc3)c(C3CCCCC3)c2/c(=C(\C#N)c2nc3ccccc3o2)n1B(c1ccccc1)c1ccccc1. The average Bonchev–Trinajstić information content (AvgIpc) is 4.21. The molecule has 1 aliphatic rings. The molecule has 11 aromatic rings. The van der Waals surface area contributed by atoms with Gasteiger partial charge in [0.25, 0.3) is 0 Å². The fourth-order valence-electron chi connectivity index (χ4n) is 11.2. The number of benzene rings is 7. The van der Waals surface area contributed by atoms with Gasteiger partial charge in [-0.15, -0.1) is 0 Å². The molecule has 10 heteroatoms. The van der Waals surface area contributed by atoms with Crippen molar-refractivity contribution in [3.05, 3.63) is 228 Å². The summed E-state index contributed by atoms with van der Waals surface area (Å²) in [7, 11) is 0. The number of nitrogens with zero attached hydrogens (tertiary/aromatic N) is 6. The smallest absolute Gasteiger partial charge is 0.328 e. The van der Waals surface area contributed by atoms with Gasteiger partial charge in [-0.05, 0) is 55.5 Å². The van der Waals surface area contributed by atoms with Crippen LogP contribution in [0, 0.1) is 29.6 Å². The summed E-state index contributed by atoms with van der Waals surface area (Å²) >= 11 is 0. The van der Waals surface area contributed by atoms with E-state index in [-0.39, 0.29) is 17.7 Å². The molecular weight excluding hydrogens is 870 g/mol. The number of aryl methyl sites for hydroxylation is 1. The minimum absolute atomic E-state index is 0.0216. The van der Waals surface area contributed by atoms with Gasteiger partial charge in [0, 0.05) is 27.7 Å². The lowest BCUT2D eigenvalue weighted by Crippen LogP contribution is -2.55. The van der Waals surface area contributed by atoms with E-state index in [1.807, 2.05) is 72.8 Å². The molecule has 7 aromatic carbocycles. The molecule has 4 heterocycles. The predicted octanol–water partition coefficient (Wildman–Crippen LogP) is 9.50. The van der Waals surface area contributed by atoms with Crippen LogP contribution in [-0.2, 0) is 0 Å². The van der Waals surface area contributed by atoms with Crippen molar-refractivity contribution >= 4 is 79.7 Å². The summed E-state index contributed by atoms with van der Waals surface area (Å²) in [5.74, 6) is 0.467. The minimum Gasteiger partial charge on any atom is -0.435 e. The first-order chi connectivity index (χ1) is 35.1. The van der Waals surface area contributed by atoms with Crippen molar-refractivity contribution in [1.29, 1.82) is 10.5 Å². The highest BCUT2D eigenvalue weighted by molar-refractivity contribution is 6.85. The molecule has 71 heavy (non-hydrogen) atoms. The fraction of sp³-hybridized carbons (Fsp3) is 0.115. The van der Waals surface area contributed by atoms with E-state index in [1.54, 1.807) is 0 Å². The van der Waals surface area contributed by atoms with Crippen molar-refractivity contribution < 1.29 is 8.83 Å². The molecule has 0 bridgehead atoms. The molecule has 1 aliphatic carbocycles. The van der Waals surface area contributed by atoms with Crippen LogP contribution in [0.5, 0.6) is 0 Å². The standard InChI is InChI=1S/C61H46B2N6O2/c1-41-23-17-18-34-47(41)57-55-54(58(48(39-64)60-66-50-35-19-21-37-52(50)70-60)69(57)63(45-30-13-5-14-31-45)46-32-15-6-16-33-46)56(42-24-7-2-8-25-42)68(62(43-26-9-3-10-27-43)44-28-11-4-12-29-44)59(55)49(40-65)61-67-51-36-20-22-38-53(51)71-61/h3-6,9-23,26-38,42H,2,7-8,24-25H2,1H3/b58-48-,59-49-. The highest BCUT2D eigenvalue weighted by atomic mass is 16.4. The number of aromatic nitrogens is 4. The molecule has 0 saturated heterocycles. The van der Waals surface area contributed by atoms with Crippen LogP contribution in [0.25, 0.3) is 55.4 Å². The maximum absolute atomic E-state index is 12.1. The topological polar surface area (TPSA) is 110 Å². The van der Waals surface area contributed by atoms with E-state index in [2.05, 4.69) is 149 Å². The van der Waals surface area contributed by atoms with Crippen molar-refractivity contribution in [2.75, 3.05) is 0 Å². The maximum Gasteiger partial charge on any atom is 0.328 e. The summed E-state index contributed by atoms with van der Waals surface area (Å²) in [6.45, 7) is 1.24. The van der Waals surface area contributed by atoms with Crippen molar-refractivity contribution in [3.8, 4) is 23.4 Å². The summed E-state index contributed by atoms with van der Waals surface area (Å²) in [5.41, 5.74) is 11.1. The van der Waals surface area contributed by atoms with Crippen LogP contribution in [0.4, 0.5) is 0 Å². The zero-order chi connectivity index (χ0) is 47.8. The highest BCUT2D eigenvalue weighted by Gasteiger charge is 2.39. The van der Waals surface area contributed by atoms with Crippen molar-refractivity contribution in [2.24, 2.45) is 0 Å². The van der Waals surface area contributed by atoms with Crippen LogP contribution in [-0.4, -0.2) is 32.6 Å². The summed E-state index contributed by atoms with van der Waals surface area (Å²) in [6.07, 6.45) is 5.01. The molecule has 12 rings (SSSR count). The Morgan fingerprint density at radius 3 is 1.35 bits per heavy atom. The van der Waals surface area contributed by atoms with Gasteiger partial charge < -0.3 is 17.8 Å². The minimum atomic E-state index is -0.475. The summed E-state index contributed by atoms with van der Waals surface area (Å²) in [5, 5.41) is 27.2. The van der Waals surface area contributed by atoms with E-state index in [0.29, 0.717) is 44.0 Å². The van der Waals surface area contributed by atoms with Gasteiger partial charge >= 0.3 is 13.7 Å². The van der Waals surface area contributed by atoms with E-state index in [4.69, 9.17) is 18.8 Å². The number of nitriles is 2. The molecule has 0 spiro atoms. The van der Waals surface area contributed by atoms with E-state index in [0.717, 1.165) is 87.2 Å². The van der Waals surface area contributed by atoms with Gasteiger partial charge in [0.15, 0.2) is 11.2 Å². The predicted molar refractivity (Wildman–Crippen MR) is 286 cm³/mol. The van der Waals surface area contributed by atoms with E-state index in [1.165, 1.54) is 0 Å². The molecule has 0 amide bonds. The Balaban J connectivity index is 1.44. The lowest BCUT2D eigenvalue weighted by atomic mass is 9.49. The van der Waals surface area contributed by atoms with E-state index >= 15 is 0 Å². The number of para-hydroxylation sites is 4. The Labute approximate surface area is 412 Å². The van der Waals surface area contributed by atoms with Crippen LogP contribution in [0.3, 0.4) is 0 Å². The highest BCUT2D eigenvalue weighted by Crippen LogP contribution is 2.40. The van der Waals surface area contributed by atoms with Gasteiger partial charge in [-0.2, -0.15) is 10.5 Å². The number of fused-ring (bicyclic) bond motifs is 3. The largest absolute Gasteiger partial charge is 0.435 e. The second kappa shape index (κ2) is 18.6. The molecule has 1 fully saturated rings. The molecule has 0 unspecified atom stereocenters. The van der Waals surface area contributed by atoms with E-state index in [9.17, 15) is 10.5 Å². The van der Waals surface area contributed by atoms with Crippen LogP contribution in [0.15, 0.2) is 203 Å². The third-order valence-electron chi connectivity index (χ3n) is 14.3. The Morgan fingerprint density at radius 2 is 0.901 bits per heavy atom. The normalized spacial score (nSPS) is 13.8. The second-order valence-corrected chi connectivity index (χ2v) is 18.5. The average molecular weight is 917 g/mol. The monoisotopic (exact) mass is 916 g/mol. The van der Waals surface area contributed by atoms with Crippen LogP contribution in [0.1, 0.15) is 61.1 Å². The van der Waals surface area contributed by atoms with Crippen LogP contribution in [0.2, 0.25) is 0 Å². The Morgan fingerprint density at radius 1 is 0.493 bits per heavy atom. The molecule has 0 aliphatic heterocycles. The Kier molecular flexibility index (Phi) is 11.4. The lowest BCUT2D eigenvalue weighted by molar-refractivity contribution is 0.436. The van der Waals surface area contributed by atoms with Gasteiger partial charge in [-0.25, -0.2) is 9.97 Å². The maximum atomic E-state index is 12.1. The van der Waals surface area contributed by atoms with Crippen LogP contribution >= 0.6 is 0 Å². The zero-order valence-electron chi connectivity index (χ0n) is 39.2. The molecule has 0 radical (unpaired) electrons. The lowest BCUT2D eigenvalue weighted by Gasteiger charge is -2.29. The van der Waals surface area contributed by atoms with Crippen molar-refractivity contribution in [3.63, 3.8) is 0 Å². The summed E-state index contributed by atoms with van der Waals surface area (Å²) in [4.78, 5) is 10.2. The van der Waals surface area contributed by atoms with E-state index < -0.39 is 13.7 Å². The van der Waals surface area contributed by atoms with Gasteiger partial charge in [0.2, 0.25) is 11.8 Å². The first kappa shape index (κ1) is 43.4. The first-order valence-electron chi connectivity index (χ1n) is 24.5. The third-order valence-corrected chi connectivity index (χ3v) is 14.3. The Bertz CT molecular complexity index is 3730. The zero-order valence-corrected chi connectivity index (χ0v) is 39.2. The molecular formula is C61H46B2N6O2. The van der Waals surface area contributed by atoms with Crippen molar-refractivity contribution in [1.82, 2.24) is 18.9 Å². The van der Waals surface area contributed by atoms with Gasteiger partial charge in [0.1, 0.15) is 34.3 Å². The first-order valence-corrected chi connectivity index (χ1v) is 24.5. The molecule has 1 saturated carbocycles. The van der Waals surface area contributed by atoms with Gasteiger partial charge in [0.05, 0.1) is 10.7 Å². The summed E-state index contributed by atoms with van der Waals surface area (Å²) in [6, 6.07) is 71.4. The quantitative estimate of drug-likeness (QED) is 0.127. The number of hydrogen-bond donors (Lipinski definition) is 0. The van der Waals surface area contributed by atoms with Crippen molar-refractivity contribution in [2.45, 2.75) is 44.9 Å². The number of oxazole rings is 2. The Hall–Kier alpha value is -8.85. The van der Waals surface area contributed by atoms with Gasteiger partial charge in [-0.3, -0.25) is 0 Å². The molecule has 0 atom stereocenters. The molecule has 4 aromatic heterocycles. The fourth-order valence-corrected chi connectivity index (χ4v) is 11.2. The van der Waals surface area contributed by atoms with Crippen LogP contribution < -0.4 is 32.5 Å². The third kappa shape index (κ3) is 7.57. The molecule has 338 valence electrons. The number of hydrogen-bond acceptors (Lipinski definition) is 6.